The number of aromatic nitrogens is 5. The second-order valence-corrected chi connectivity index (χ2v) is 9.28. The molecule has 0 radical (unpaired) electrons. The molecule has 0 saturated heterocycles. The first-order valence-electron chi connectivity index (χ1n) is 11.7. The number of nitrogens with one attached hydrogen (secondary N) is 1. The lowest BCUT2D eigenvalue weighted by Gasteiger charge is -2.38. The molecule has 0 aliphatic heterocycles. The van der Waals surface area contributed by atoms with Gasteiger partial charge in [0, 0.05) is 43.9 Å². The van der Waals surface area contributed by atoms with Gasteiger partial charge in [-0.05, 0) is 37.3 Å². The minimum absolute atomic E-state index is 0.101. The van der Waals surface area contributed by atoms with Gasteiger partial charge in [-0.1, -0.05) is 6.92 Å². The van der Waals surface area contributed by atoms with Crippen LogP contribution in [0.1, 0.15) is 49.5 Å². The zero-order chi connectivity index (χ0) is 24.7. The van der Waals surface area contributed by atoms with Gasteiger partial charge in [-0.15, -0.1) is 0 Å². The van der Waals surface area contributed by atoms with Gasteiger partial charge >= 0.3 is 0 Å². The summed E-state index contributed by atoms with van der Waals surface area (Å²) in [5.41, 5.74) is 2.54. The first-order valence-corrected chi connectivity index (χ1v) is 11.7. The van der Waals surface area contributed by atoms with E-state index in [1.807, 2.05) is 28.9 Å². The molecule has 4 aromatic rings. The lowest BCUT2D eigenvalue weighted by atomic mass is 9.82. The second-order valence-electron chi connectivity index (χ2n) is 9.28. The van der Waals surface area contributed by atoms with Gasteiger partial charge in [0.15, 0.2) is 0 Å². The molecule has 3 atom stereocenters. The number of methoxy groups -OCH3 is 1. The molecule has 35 heavy (non-hydrogen) atoms. The number of carbonyl (C=O) groups is 2. The van der Waals surface area contributed by atoms with Crippen molar-refractivity contribution in [3.05, 3.63) is 48.7 Å². The van der Waals surface area contributed by atoms with Crippen LogP contribution in [0, 0.1) is 5.92 Å². The molecule has 3 heterocycles. The topological polar surface area (TPSA) is 107 Å². The van der Waals surface area contributed by atoms with Crippen molar-refractivity contribution in [3.8, 4) is 5.75 Å². The van der Waals surface area contributed by atoms with Gasteiger partial charge in [-0.3, -0.25) is 14.3 Å². The van der Waals surface area contributed by atoms with Crippen LogP contribution in [0.4, 0.5) is 5.69 Å². The average molecular weight is 476 g/mol. The van der Waals surface area contributed by atoms with Crippen LogP contribution < -0.4 is 10.1 Å². The molecule has 0 bridgehead atoms. The van der Waals surface area contributed by atoms with Gasteiger partial charge in [0.05, 0.1) is 41.6 Å². The lowest BCUT2D eigenvalue weighted by molar-refractivity contribution is -0.130. The van der Waals surface area contributed by atoms with E-state index >= 15 is 0 Å². The number of fused-ring (bicyclic) bond motifs is 2. The Bertz CT molecular complexity index is 1410. The smallest absolute Gasteiger partial charge is 0.259 e. The predicted molar refractivity (Wildman–Crippen MR) is 132 cm³/mol. The zero-order valence-corrected chi connectivity index (χ0v) is 20.3. The van der Waals surface area contributed by atoms with E-state index in [-0.39, 0.29) is 23.9 Å². The van der Waals surface area contributed by atoms with Crippen molar-refractivity contribution in [2.75, 3.05) is 19.5 Å². The highest BCUT2D eigenvalue weighted by Gasteiger charge is 2.32. The monoisotopic (exact) mass is 475 g/mol. The molecule has 1 saturated carbocycles. The van der Waals surface area contributed by atoms with Crippen LogP contribution in [0.5, 0.6) is 5.75 Å². The number of nitrogens with zero attached hydrogens (tertiary/aromatic N) is 6. The first-order chi connectivity index (χ1) is 16.9. The van der Waals surface area contributed by atoms with Gasteiger partial charge in [-0.2, -0.15) is 10.2 Å². The molecule has 0 spiro atoms. The fraction of sp³-hybridized carbons (Fsp3) is 0.400. The summed E-state index contributed by atoms with van der Waals surface area (Å²) in [6.45, 7) is 3.83. The maximum absolute atomic E-state index is 13.2. The third-order valence-corrected chi connectivity index (χ3v) is 7.15. The highest BCUT2D eigenvalue weighted by atomic mass is 16.5. The molecular weight excluding hydrogens is 446 g/mol. The van der Waals surface area contributed by atoms with Crippen molar-refractivity contribution in [1.29, 1.82) is 0 Å². The van der Waals surface area contributed by atoms with Crippen molar-refractivity contribution < 1.29 is 14.3 Å². The minimum atomic E-state index is -0.288. The largest absolute Gasteiger partial charge is 0.496 e. The van der Waals surface area contributed by atoms with Crippen LogP contribution in [0.3, 0.4) is 0 Å². The van der Waals surface area contributed by atoms with Crippen molar-refractivity contribution in [2.45, 2.75) is 45.2 Å². The fourth-order valence-electron chi connectivity index (χ4n) is 5.07. The predicted octanol–water partition coefficient (Wildman–Crippen LogP) is 3.55. The van der Waals surface area contributed by atoms with Crippen LogP contribution in [0.15, 0.2) is 43.1 Å². The van der Waals surface area contributed by atoms with E-state index < -0.39 is 0 Å². The van der Waals surface area contributed by atoms with Crippen LogP contribution in [0.2, 0.25) is 0 Å². The Labute approximate surface area is 202 Å². The molecule has 2 amide bonds. The second kappa shape index (κ2) is 9.01. The molecule has 0 unspecified atom stereocenters. The molecule has 3 aromatic heterocycles. The van der Waals surface area contributed by atoms with Crippen molar-refractivity contribution >= 4 is 33.9 Å². The highest BCUT2D eigenvalue weighted by Crippen LogP contribution is 2.37. The Hall–Kier alpha value is -3.95. The average Bonchev–Trinajstić information content (AvgIpc) is 3.46. The standard InChI is InChI=1S/C25H29N7O3/c1-15-9-18(30(3)16(2)33)5-6-22(15)31-13-17-10-19(24(35-4)11-20(17)29-31)25(34)28-21-12-27-32-14-26-8-7-23(21)32/h7-8,10-15,18,22H,5-6,9H2,1-4H3,(H,28,34)/t15-,18+,22-/m0/s1. The van der Waals surface area contributed by atoms with Gasteiger partial charge in [0.2, 0.25) is 5.91 Å². The summed E-state index contributed by atoms with van der Waals surface area (Å²) in [6, 6.07) is 5.90. The summed E-state index contributed by atoms with van der Waals surface area (Å²) in [4.78, 5) is 30.9. The third kappa shape index (κ3) is 4.20. The van der Waals surface area contributed by atoms with Crippen LogP contribution in [-0.4, -0.2) is 61.3 Å². The summed E-state index contributed by atoms with van der Waals surface area (Å²) in [7, 11) is 3.43. The summed E-state index contributed by atoms with van der Waals surface area (Å²) in [5.74, 6) is 0.631. The summed E-state index contributed by atoms with van der Waals surface area (Å²) < 4.78 is 9.16. The Kier molecular flexibility index (Phi) is 5.88. The minimum Gasteiger partial charge on any atom is -0.496 e. The summed E-state index contributed by atoms with van der Waals surface area (Å²) in [6.07, 6.45) is 9.64. The number of amides is 2. The van der Waals surface area contributed by atoms with E-state index in [1.165, 1.54) is 0 Å². The maximum Gasteiger partial charge on any atom is 0.259 e. The van der Waals surface area contributed by atoms with E-state index in [0.29, 0.717) is 22.9 Å². The normalized spacial score (nSPS) is 20.2. The van der Waals surface area contributed by atoms with E-state index in [0.717, 1.165) is 35.7 Å². The van der Waals surface area contributed by atoms with Crippen molar-refractivity contribution in [2.24, 2.45) is 5.92 Å². The van der Waals surface area contributed by atoms with E-state index in [1.54, 1.807) is 49.4 Å². The first kappa shape index (κ1) is 22.8. The van der Waals surface area contributed by atoms with E-state index in [9.17, 15) is 9.59 Å². The number of anilines is 1. The van der Waals surface area contributed by atoms with Gasteiger partial charge in [0.1, 0.15) is 12.1 Å². The van der Waals surface area contributed by atoms with Crippen LogP contribution in [-0.2, 0) is 4.79 Å². The number of carbonyl (C=O) groups excluding carboxylic acids is 2. The summed E-state index contributed by atoms with van der Waals surface area (Å²) >= 11 is 0. The van der Waals surface area contributed by atoms with Crippen molar-refractivity contribution in [3.63, 3.8) is 0 Å². The zero-order valence-electron chi connectivity index (χ0n) is 20.3. The molecule has 10 heteroatoms. The quantitative estimate of drug-likeness (QED) is 0.473. The number of rotatable bonds is 5. The molecule has 1 aromatic carbocycles. The highest BCUT2D eigenvalue weighted by molar-refractivity contribution is 6.09. The molecule has 1 N–H and O–H groups in total. The van der Waals surface area contributed by atoms with Gasteiger partial charge in [0.25, 0.3) is 5.91 Å². The van der Waals surface area contributed by atoms with Crippen LogP contribution in [0.25, 0.3) is 16.4 Å². The molecular formula is C25H29N7O3. The number of benzene rings is 1. The molecule has 5 rings (SSSR count). The number of hydrogen-bond acceptors (Lipinski definition) is 6. The molecule has 182 valence electrons. The fourth-order valence-corrected chi connectivity index (χ4v) is 5.07. The Morgan fingerprint density at radius 3 is 2.83 bits per heavy atom. The van der Waals surface area contributed by atoms with Gasteiger partial charge < -0.3 is 15.0 Å². The van der Waals surface area contributed by atoms with Gasteiger partial charge in [-0.25, -0.2) is 9.50 Å². The van der Waals surface area contributed by atoms with Crippen molar-refractivity contribution in [1.82, 2.24) is 29.3 Å². The number of ether oxygens (including phenoxy) is 1. The molecule has 1 aliphatic rings. The summed E-state index contributed by atoms with van der Waals surface area (Å²) in [5, 5.41) is 12.8. The van der Waals surface area contributed by atoms with E-state index in [2.05, 4.69) is 22.3 Å². The SMILES string of the molecule is COc1cc2nn([C@H]3CC[C@@H](N(C)C(C)=O)C[C@@H]3C)cc2cc1C(=O)Nc1cnn2cnccc12. The Morgan fingerprint density at radius 1 is 1.26 bits per heavy atom. The van der Waals surface area contributed by atoms with E-state index in [4.69, 9.17) is 9.84 Å². The maximum atomic E-state index is 13.2. The Balaban J connectivity index is 1.40. The lowest BCUT2D eigenvalue weighted by Crippen LogP contribution is -2.41. The molecule has 10 nitrogen and oxygen atoms in total. The third-order valence-electron chi connectivity index (χ3n) is 7.15. The van der Waals surface area contributed by atoms with Crippen LogP contribution >= 0.6 is 0 Å². The molecule has 1 fully saturated rings. The molecule has 1 aliphatic carbocycles. The Morgan fingerprint density at radius 2 is 2.09 bits per heavy atom. The number of hydrogen-bond donors (Lipinski definition) is 1.